The fraction of sp³-hybridized carbons (Fsp3) is 0.250. The van der Waals surface area contributed by atoms with Crippen LogP contribution in [0, 0.1) is 5.41 Å². The summed E-state index contributed by atoms with van der Waals surface area (Å²) in [6.07, 6.45) is 4.31. The lowest BCUT2D eigenvalue weighted by molar-refractivity contribution is 0.526. The number of allylic oxidation sites excluding steroid dienone is 1. The molecule has 106 valence electrons. The Hall–Kier alpha value is -2.15. The molecule has 2 aromatic rings. The van der Waals surface area contributed by atoms with Gasteiger partial charge in [-0.3, -0.25) is 4.99 Å². The molecule has 21 heavy (non-hydrogen) atoms. The van der Waals surface area contributed by atoms with Crippen LogP contribution in [0.4, 0.5) is 0 Å². The molecule has 0 aromatic heterocycles. The van der Waals surface area contributed by atoms with Crippen LogP contribution < -0.4 is 0 Å². The van der Waals surface area contributed by atoms with E-state index < -0.39 is 0 Å². The summed E-state index contributed by atoms with van der Waals surface area (Å²) in [5.41, 5.74) is 5.24. The lowest BCUT2D eigenvalue weighted by atomic mass is 9.86. The zero-order chi connectivity index (χ0) is 14.9. The minimum absolute atomic E-state index is 0.155. The SMILES string of the molecule is CC(C)(C)C1=C[C@@H](c2cccc(-c3ccccc3)c2)N=C1. The molecule has 0 saturated carbocycles. The van der Waals surface area contributed by atoms with E-state index >= 15 is 0 Å². The van der Waals surface area contributed by atoms with Gasteiger partial charge in [-0.2, -0.15) is 0 Å². The summed E-state index contributed by atoms with van der Waals surface area (Å²) in [6, 6.07) is 19.3. The highest BCUT2D eigenvalue weighted by Crippen LogP contribution is 2.34. The van der Waals surface area contributed by atoms with Gasteiger partial charge in [0.05, 0.1) is 6.04 Å². The van der Waals surface area contributed by atoms with Gasteiger partial charge in [0.25, 0.3) is 0 Å². The maximum Gasteiger partial charge on any atom is 0.0937 e. The minimum atomic E-state index is 0.155. The predicted molar refractivity (Wildman–Crippen MR) is 90.6 cm³/mol. The average Bonchev–Trinajstić information content (AvgIpc) is 2.98. The van der Waals surface area contributed by atoms with Gasteiger partial charge in [0.1, 0.15) is 0 Å². The van der Waals surface area contributed by atoms with E-state index in [1.165, 1.54) is 22.3 Å². The van der Waals surface area contributed by atoms with Crippen LogP contribution >= 0.6 is 0 Å². The fourth-order valence-corrected chi connectivity index (χ4v) is 2.58. The van der Waals surface area contributed by atoms with Crippen LogP contribution in [0.2, 0.25) is 0 Å². The molecular weight excluding hydrogens is 254 g/mol. The van der Waals surface area contributed by atoms with Gasteiger partial charge in [0.2, 0.25) is 0 Å². The van der Waals surface area contributed by atoms with Gasteiger partial charge < -0.3 is 0 Å². The standard InChI is InChI=1S/C20H21N/c1-20(2,3)18-13-19(21-14-18)17-11-7-10-16(12-17)15-8-5-4-6-9-15/h4-14,19H,1-3H3/t19-/m0/s1. The van der Waals surface area contributed by atoms with Crippen molar-refractivity contribution in [3.05, 3.63) is 71.8 Å². The smallest absolute Gasteiger partial charge is 0.0937 e. The minimum Gasteiger partial charge on any atom is -0.281 e. The monoisotopic (exact) mass is 275 g/mol. The molecule has 1 aliphatic rings. The molecular formula is C20H21N. The van der Waals surface area contributed by atoms with Crippen LogP contribution in [0.25, 0.3) is 11.1 Å². The molecule has 1 atom stereocenters. The zero-order valence-corrected chi connectivity index (χ0v) is 12.9. The molecule has 3 rings (SSSR count). The molecule has 0 saturated heterocycles. The third-order valence-corrected chi connectivity index (χ3v) is 3.91. The second-order valence-electron chi connectivity index (χ2n) is 6.59. The summed E-state index contributed by atoms with van der Waals surface area (Å²) < 4.78 is 0. The highest BCUT2D eigenvalue weighted by atomic mass is 14.8. The van der Waals surface area contributed by atoms with E-state index in [0.717, 1.165) is 0 Å². The maximum atomic E-state index is 4.67. The van der Waals surface area contributed by atoms with Gasteiger partial charge in [-0.1, -0.05) is 75.4 Å². The average molecular weight is 275 g/mol. The number of benzene rings is 2. The molecule has 1 aliphatic heterocycles. The first-order valence-corrected chi connectivity index (χ1v) is 7.45. The van der Waals surface area contributed by atoms with E-state index in [2.05, 4.69) is 80.4 Å². The van der Waals surface area contributed by atoms with Crippen LogP contribution in [0.3, 0.4) is 0 Å². The largest absolute Gasteiger partial charge is 0.281 e. The van der Waals surface area contributed by atoms with E-state index in [4.69, 9.17) is 0 Å². The van der Waals surface area contributed by atoms with Crippen molar-refractivity contribution in [2.45, 2.75) is 26.8 Å². The number of aliphatic imine (C=N–C) groups is 1. The Balaban J connectivity index is 1.92. The maximum absolute atomic E-state index is 4.67. The molecule has 2 aromatic carbocycles. The summed E-state index contributed by atoms with van der Waals surface area (Å²) in [5.74, 6) is 0. The van der Waals surface area contributed by atoms with Crippen molar-refractivity contribution >= 4 is 6.21 Å². The molecule has 0 radical (unpaired) electrons. The van der Waals surface area contributed by atoms with Gasteiger partial charge >= 0.3 is 0 Å². The number of rotatable bonds is 2. The molecule has 0 amide bonds. The molecule has 0 N–H and O–H groups in total. The molecule has 1 nitrogen and oxygen atoms in total. The summed E-state index contributed by atoms with van der Waals surface area (Å²) in [6.45, 7) is 6.69. The highest BCUT2D eigenvalue weighted by molar-refractivity contribution is 5.83. The van der Waals surface area contributed by atoms with Gasteiger partial charge in [-0.25, -0.2) is 0 Å². The number of hydrogen-bond donors (Lipinski definition) is 0. The van der Waals surface area contributed by atoms with Crippen LogP contribution in [0.15, 0.2) is 71.2 Å². The van der Waals surface area contributed by atoms with E-state index in [1.807, 2.05) is 12.3 Å². The first-order valence-electron chi connectivity index (χ1n) is 7.45. The van der Waals surface area contributed by atoms with Crippen molar-refractivity contribution in [1.82, 2.24) is 0 Å². The van der Waals surface area contributed by atoms with Gasteiger partial charge in [-0.15, -0.1) is 0 Å². The van der Waals surface area contributed by atoms with Crippen LogP contribution in [0.5, 0.6) is 0 Å². The van der Waals surface area contributed by atoms with E-state index in [0.29, 0.717) is 0 Å². The normalized spacial score (nSPS) is 17.9. The Morgan fingerprint density at radius 2 is 1.57 bits per heavy atom. The fourth-order valence-electron chi connectivity index (χ4n) is 2.58. The third kappa shape index (κ3) is 2.97. The Bertz CT molecular complexity index is 687. The second kappa shape index (κ2) is 5.33. The Kier molecular flexibility index (Phi) is 3.50. The van der Waals surface area contributed by atoms with Crippen LogP contribution in [0.1, 0.15) is 32.4 Å². The first kappa shape index (κ1) is 13.8. The van der Waals surface area contributed by atoms with E-state index in [-0.39, 0.29) is 11.5 Å². The van der Waals surface area contributed by atoms with E-state index in [9.17, 15) is 0 Å². The second-order valence-corrected chi connectivity index (χ2v) is 6.59. The molecule has 0 spiro atoms. The first-order chi connectivity index (χ1) is 10.0. The molecule has 0 fully saturated rings. The lowest BCUT2D eigenvalue weighted by Crippen LogP contribution is -2.08. The van der Waals surface area contributed by atoms with Crippen molar-refractivity contribution in [2.24, 2.45) is 10.4 Å². The van der Waals surface area contributed by atoms with E-state index in [1.54, 1.807) is 0 Å². The van der Waals surface area contributed by atoms with Gasteiger partial charge in [-0.05, 0) is 33.7 Å². The summed E-state index contributed by atoms with van der Waals surface area (Å²) in [5, 5.41) is 0. The van der Waals surface area contributed by atoms with Gasteiger partial charge in [0, 0.05) is 6.21 Å². The Morgan fingerprint density at radius 1 is 0.857 bits per heavy atom. The summed E-state index contributed by atoms with van der Waals surface area (Å²) in [4.78, 5) is 4.67. The van der Waals surface area contributed by atoms with Crippen LogP contribution in [-0.4, -0.2) is 6.21 Å². The highest BCUT2D eigenvalue weighted by Gasteiger charge is 2.22. The molecule has 1 heteroatoms. The lowest BCUT2D eigenvalue weighted by Gasteiger charge is -2.17. The van der Waals surface area contributed by atoms with Crippen LogP contribution in [-0.2, 0) is 0 Å². The Labute approximate surface area is 127 Å². The quantitative estimate of drug-likeness (QED) is 0.691. The predicted octanol–water partition coefficient (Wildman–Crippen LogP) is 5.45. The van der Waals surface area contributed by atoms with Crippen molar-refractivity contribution in [1.29, 1.82) is 0 Å². The zero-order valence-electron chi connectivity index (χ0n) is 12.9. The van der Waals surface area contributed by atoms with Crippen molar-refractivity contribution in [3.8, 4) is 11.1 Å². The van der Waals surface area contributed by atoms with Gasteiger partial charge in [0.15, 0.2) is 0 Å². The third-order valence-electron chi connectivity index (χ3n) is 3.91. The molecule has 0 bridgehead atoms. The summed E-state index contributed by atoms with van der Waals surface area (Å²) in [7, 11) is 0. The number of nitrogens with zero attached hydrogens (tertiary/aromatic N) is 1. The van der Waals surface area contributed by atoms with Crippen molar-refractivity contribution < 1.29 is 0 Å². The Morgan fingerprint density at radius 3 is 2.24 bits per heavy atom. The van der Waals surface area contributed by atoms with Crippen molar-refractivity contribution in [3.63, 3.8) is 0 Å². The molecule has 0 aliphatic carbocycles. The number of hydrogen-bond acceptors (Lipinski definition) is 1. The molecule has 1 heterocycles. The van der Waals surface area contributed by atoms with Crippen molar-refractivity contribution in [2.75, 3.05) is 0 Å². The molecule has 0 unspecified atom stereocenters. The summed E-state index contributed by atoms with van der Waals surface area (Å²) >= 11 is 0. The topological polar surface area (TPSA) is 12.4 Å².